The van der Waals surface area contributed by atoms with E-state index in [1.54, 1.807) is 0 Å². The monoisotopic (exact) mass is 516 g/mol. The van der Waals surface area contributed by atoms with Gasteiger partial charge in [-0.25, -0.2) is 0 Å². The lowest BCUT2D eigenvalue weighted by atomic mass is 9.92. The highest BCUT2D eigenvalue weighted by molar-refractivity contribution is 9.10. The quantitative estimate of drug-likeness (QED) is 0.163. The van der Waals surface area contributed by atoms with E-state index in [9.17, 15) is 0 Å². The van der Waals surface area contributed by atoms with Crippen LogP contribution in [0.3, 0.4) is 0 Å². The Balaban J connectivity index is 1.62. The van der Waals surface area contributed by atoms with Crippen LogP contribution in [0, 0.1) is 0 Å². The van der Waals surface area contributed by atoms with Gasteiger partial charge < -0.3 is 0 Å². The summed E-state index contributed by atoms with van der Waals surface area (Å²) in [5, 5.41) is 9.13. The Hall–Kier alpha value is -3.25. The highest BCUT2D eigenvalue weighted by Crippen LogP contribution is 2.42. The van der Waals surface area contributed by atoms with Gasteiger partial charge in [-0.1, -0.05) is 127 Å². The van der Waals surface area contributed by atoms with E-state index in [2.05, 4.69) is 149 Å². The third-order valence-electron chi connectivity index (χ3n) is 6.29. The third kappa shape index (κ3) is 3.76. The highest BCUT2D eigenvalue weighted by Gasteiger charge is 2.18. The number of hydrogen-bond donors (Lipinski definition) is 0. The van der Waals surface area contributed by atoms with Crippen molar-refractivity contribution in [2.24, 2.45) is 0 Å². The molecule has 0 saturated carbocycles. The van der Waals surface area contributed by atoms with Gasteiger partial charge in [-0.3, -0.25) is 0 Å². The highest BCUT2D eigenvalue weighted by atomic mass is 79.9. The summed E-state index contributed by atoms with van der Waals surface area (Å²) in [7, 11) is -0.654. The molecule has 0 unspecified atom stereocenters. The molecule has 0 spiro atoms. The lowest BCUT2D eigenvalue weighted by Gasteiger charge is -2.21. The second-order valence-electron chi connectivity index (χ2n) is 8.34. The van der Waals surface area contributed by atoms with Crippen molar-refractivity contribution in [3.63, 3.8) is 0 Å². The normalized spacial score (nSPS) is 11.4. The minimum absolute atomic E-state index is 0.654. The van der Waals surface area contributed by atoms with E-state index >= 15 is 0 Å². The third-order valence-corrected chi connectivity index (χ3v) is 9.57. The summed E-state index contributed by atoms with van der Waals surface area (Å²) < 4.78 is 1.16. The van der Waals surface area contributed by atoms with Gasteiger partial charge in [-0.15, -0.1) is 0 Å². The van der Waals surface area contributed by atoms with Crippen LogP contribution < -0.4 is 15.9 Å². The topological polar surface area (TPSA) is 0 Å². The Bertz CT molecular complexity index is 1510. The molecule has 6 aromatic carbocycles. The molecule has 0 aliphatic carbocycles. The number of hydrogen-bond acceptors (Lipinski definition) is 0. The maximum atomic E-state index is 3.89. The first-order chi connectivity index (χ1) is 16.8. The molecule has 0 saturated heterocycles. The second-order valence-corrected chi connectivity index (χ2v) is 11.3. The van der Waals surface area contributed by atoms with Gasteiger partial charge in [0.25, 0.3) is 0 Å². The molecule has 0 atom stereocenters. The summed E-state index contributed by atoms with van der Waals surface area (Å²) >= 11 is 3.89. The molecule has 0 heterocycles. The van der Waals surface area contributed by atoms with Gasteiger partial charge >= 0.3 is 0 Å². The van der Waals surface area contributed by atoms with Crippen molar-refractivity contribution in [3.05, 3.63) is 138 Å². The maximum absolute atomic E-state index is 3.89. The first kappa shape index (κ1) is 21.3. The second kappa shape index (κ2) is 9.18. The molecule has 0 aliphatic heterocycles. The zero-order valence-corrected chi connectivity index (χ0v) is 21.0. The van der Waals surface area contributed by atoms with E-state index in [-0.39, 0.29) is 0 Å². The average molecular weight is 517 g/mol. The molecule has 0 nitrogen and oxygen atoms in total. The Kier molecular flexibility index (Phi) is 5.75. The van der Waals surface area contributed by atoms with Gasteiger partial charge in [-0.2, -0.15) is 0 Å². The van der Waals surface area contributed by atoms with Gasteiger partial charge in [0, 0.05) is 4.47 Å². The van der Waals surface area contributed by atoms with Gasteiger partial charge in [0.05, 0.1) is 0 Å². The minimum Gasteiger partial charge on any atom is -0.0622 e. The van der Waals surface area contributed by atoms with Crippen LogP contribution in [-0.4, -0.2) is 0 Å². The summed E-state index contributed by atoms with van der Waals surface area (Å²) in [6.07, 6.45) is 0. The number of halogens is 1. The fourth-order valence-electron chi connectivity index (χ4n) is 4.79. The molecule has 0 amide bonds. The van der Waals surface area contributed by atoms with Crippen molar-refractivity contribution in [2.45, 2.75) is 0 Å². The van der Waals surface area contributed by atoms with Gasteiger partial charge in [-0.05, 0) is 78.5 Å². The van der Waals surface area contributed by atoms with Crippen LogP contribution in [0.25, 0.3) is 32.7 Å². The molecule has 162 valence electrons. The molecular weight excluding hydrogens is 495 g/mol. The molecule has 0 aliphatic rings. The smallest absolute Gasteiger partial charge is 0.0332 e. The maximum Gasteiger partial charge on any atom is 0.0332 e. The van der Waals surface area contributed by atoms with Crippen LogP contribution >= 0.6 is 23.9 Å². The number of benzene rings is 6. The van der Waals surface area contributed by atoms with Crippen LogP contribution in [0.4, 0.5) is 0 Å². The lowest BCUT2D eigenvalue weighted by Crippen LogP contribution is -2.20. The van der Waals surface area contributed by atoms with Crippen LogP contribution in [0.1, 0.15) is 0 Å². The minimum atomic E-state index is -0.654. The van der Waals surface area contributed by atoms with Crippen LogP contribution in [0.2, 0.25) is 0 Å². The zero-order chi connectivity index (χ0) is 22.9. The standard InChI is InChI=1S/C32H22BrP/c33-32-29-20-9-7-18-27(29)31(28-19-8-10-21-30(28)32)23-12-11-17-26(22-23)34(24-13-3-1-4-14-24)25-15-5-2-6-16-25/h1-22H. The Labute approximate surface area is 209 Å². The Morgan fingerprint density at radius 1 is 0.412 bits per heavy atom. The molecule has 0 fully saturated rings. The first-order valence-corrected chi connectivity index (χ1v) is 13.5. The van der Waals surface area contributed by atoms with Crippen LogP contribution in [0.15, 0.2) is 138 Å². The lowest BCUT2D eigenvalue weighted by molar-refractivity contribution is 1.68. The molecule has 0 N–H and O–H groups in total. The molecule has 6 rings (SSSR count). The largest absolute Gasteiger partial charge is 0.0622 e. The zero-order valence-electron chi connectivity index (χ0n) is 18.5. The molecule has 0 bridgehead atoms. The summed E-state index contributed by atoms with van der Waals surface area (Å²) in [5.41, 5.74) is 2.56. The first-order valence-electron chi connectivity index (χ1n) is 11.4. The number of rotatable bonds is 4. The van der Waals surface area contributed by atoms with E-state index in [0.717, 1.165) is 4.47 Å². The predicted octanol–water partition coefficient (Wildman–Crippen LogP) is 8.18. The average Bonchev–Trinajstić information content (AvgIpc) is 2.91. The summed E-state index contributed by atoms with van der Waals surface area (Å²) in [6, 6.07) is 48.4. The van der Waals surface area contributed by atoms with Gasteiger partial charge in [0.1, 0.15) is 0 Å². The molecule has 0 aromatic heterocycles. The molecule has 34 heavy (non-hydrogen) atoms. The van der Waals surface area contributed by atoms with Gasteiger partial charge in [0.15, 0.2) is 0 Å². The predicted molar refractivity (Wildman–Crippen MR) is 153 cm³/mol. The molecule has 2 heteroatoms. The fourth-order valence-corrected chi connectivity index (χ4v) is 7.82. The Morgan fingerprint density at radius 2 is 0.853 bits per heavy atom. The van der Waals surface area contributed by atoms with Crippen molar-refractivity contribution in [1.29, 1.82) is 0 Å². The number of fused-ring (bicyclic) bond motifs is 2. The van der Waals surface area contributed by atoms with Crippen molar-refractivity contribution in [1.82, 2.24) is 0 Å². The summed E-state index contributed by atoms with van der Waals surface area (Å²) in [6.45, 7) is 0. The fraction of sp³-hybridized carbons (Fsp3) is 0. The van der Waals surface area contributed by atoms with E-state index in [0.29, 0.717) is 0 Å². The van der Waals surface area contributed by atoms with Gasteiger partial charge in [0.2, 0.25) is 0 Å². The van der Waals surface area contributed by atoms with E-state index in [1.165, 1.54) is 48.6 Å². The van der Waals surface area contributed by atoms with Crippen molar-refractivity contribution < 1.29 is 0 Å². The molecular formula is C32H22BrP. The van der Waals surface area contributed by atoms with Crippen molar-refractivity contribution >= 4 is 61.3 Å². The van der Waals surface area contributed by atoms with E-state index < -0.39 is 7.92 Å². The SMILES string of the molecule is Brc1c2ccccc2c(-c2cccc(P(c3ccccc3)c3ccccc3)c2)c2ccccc12. The van der Waals surface area contributed by atoms with Crippen LogP contribution in [-0.2, 0) is 0 Å². The molecule has 0 radical (unpaired) electrons. The summed E-state index contributed by atoms with van der Waals surface area (Å²) in [4.78, 5) is 0. The molecule has 6 aromatic rings. The van der Waals surface area contributed by atoms with E-state index in [4.69, 9.17) is 0 Å². The van der Waals surface area contributed by atoms with Crippen LogP contribution in [0.5, 0.6) is 0 Å². The van der Waals surface area contributed by atoms with Crippen molar-refractivity contribution in [3.8, 4) is 11.1 Å². The Morgan fingerprint density at radius 3 is 1.38 bits per heavy atom. The summed E-state index contributed by atoms with van der Waals surface area (Å²) in [5.74, 6) is 0. The van der Waals surface area contributed by atoms with Crippen molar-refractivity contribution in [2.75, 3.05) is 0 Å². The van der Waals surface area contributed by atoms with E-state index in [1.807, 2.05) is 0 Å².